The molecule has 2 aromatic heterocycles. The van der Waals surface area contributed by atoms with Crippen molar-refractivity contribution in [3.05, 3.63) is 58.4 Å². The van der Waals surface area contributed by atoms with Gasteiger partial charge in [-0.1, -0.05) is 0 Å². The minimum Gasteiger partial charge on any atom is -0.467 e. The molecule has 122 valence electrons. The zero-order chi connectivity index (χ0) is 16.8. The zero-order valence-electron chi connectivity index (χ0n) is 12.9. The van der Waals surface area contributed by atoms with Gasteiger partial charge in [0.1, 0.15) is 12.3 Å². The Morgan fingerprint density at radius 1 is 1.35 bits per heavy atom. The molecule has 0 aliphatic carbocycles. The van der Waals surface area contributed by atoms with Crippen LogP contribution in [0.5, 0.6) is 0 Å². The van der Waals surface area contributed by atoms with Crippen molar-refractivity contribution in [2.24, 2.45) is 0 Å². The van der Waals surface area contributed by atoms with E-state index in [1.165, 1.54) is 23.1 Å². The van der Waals surface area contributed by atoms with E-state index in [1.54, 1.807) is 26.0 Å². The standard InChI is InChI=1S/C16H18N2O5/c1-11(2)23-16(21)12-5-6-18(15(20)8-12)10-14(19)17-9-13-4-3-7-22-13/h3-8,11H,9-10H2,1-2H3,(H,17,19). The number of nitrogens with zero attached hydrogens (tertiary/aromatic N) is 1. The predicted octanol–water partition coefficient (Wildman–Crippen LogP) is 1.32. The maximum Gasteiger partial charge on any atom is 0.338 e. The topological polar surface area (TPSA) is 90.5 Å². The first-order chi connectivity index (χ1) is 11.0. The Kier molecular flexibility index (Phi) is 5.35. The van der Waals surface area contributed by atoms with Crippen LogP contribution in [-0.2, 0) is 22.6 Å². The highest BCUT2D eigenvalue weighted by Gasteiger charge is 2.12. The third-order valence-electron chi connectivity index (χ3n) is 2.93. The van der Waals surface area contributed by atoms with E-state index in [9.17, 15) is 14.4 Å². The predicted molar refractivity (Wildman–Crippen MR) is 81.8 cm³/mol. The van der Waals surface area contributed by atoms with Gasteiger partial charge in [-0.05, 0) is 32.0 Å². The van der Waals surface area contributed by atoms with Gasteiger partial charge in [0.15, 0.2) is 0 Å². The van der Waals surface area contributed by atoms with Gasteiger partial charge in [0.25, 0.3) is 5.56 Å². The SMILES string of the molecule is CC(C)OC(=O)c1ccn(CC(=O)NCc2ccco2)c(=O)c1. The smallest absolute Gasteiger partial charge is 0.338 e. The number of nitrogens with one attached hydrogen (secondary N) is 1. The molecule has 1 amide bonds. The Morgan fingerprint density at radius 3 is 2.74 bits per heavy atom. The number of pyridine rings is 1. The summed E-state index contributed by atoms with van der Waals surface area (Å²) in [4.78, 5) is 35.5. The monoisotopic (exact) mass is 318 g/mol. The van der Waals surface area contributed by atoms with Crippen LogP contribution in [0.4, 0.5) is 0 Å². The first kappa shape index (κ1) is 16.5. The molecular formula is C16H18N2O5. The van der Waals surface area contributed by atoms with E-state index in [2.05, 4.69) is 5.32 Å². The molecule has 0 aliphatic rings. The lowest BCUT2D eigenvalue weighted by Crippen LogP contribution is -2.32. The molecule has 0 radical (unpaired) electrons. The van der Waals surface area contributed by atoms with Gasteiger partial charge >= 0.3 is 5.97 Å². The normalized spacial score (nSPS) is 10.6. The van der Waals surface area contributed by atoms with Gasteiger partial charge in [-0.25, -0.2) is 4.79 Å². The maximum absolute atomic E-state index is 12.0. The summed E-state index contributed by atoms with van der Waals surface area (Å²) in [5.74, 6) is -0.273. The number of rotatable bonds is 6. The number of hydrogen-bond donors (Lipinski definition) is 1. The summed E-state index contributed by atoms with van der Waals surface area (Å²) in [6.45, 7) is 3.56. The molecule has 2 rings (SSSR count). The van der Waals surface area contributed by atoms with E-state index >= 15 is 0 Å². The van der Waals surface area contributed by atoms with E-state index < -0.39 is 11.5 Å². The van der Waals surface area contributed by atoms with Crippen LogP contribution in [-0.4, -0.2) is 22.5 Å². The average Bonchev–Trinajstić information content (AvgIpc) is 3.00. The molecule has 2 aromatic rings. The fraction of sp³-hybridized carbons (Fsp3) is 0.312. The van der Waals surface area contributed by atoms with Gasteiger partial charge in [0, 0.05) is 12.3 Å². The molecule has 0 saturated carbocycles. The molecule has 7 heteroatoms. The summed E-state index contributed by atoms with van der Waals surface area (Å²) in [6, 6.07) is 6.07. The molecule has 0 aliphatic heterocycles. The molecule has 0 aromatic carbocycles. The number of aromatic nitrogens is 1. The van der Waals surface area contributed by atoms with Crippen molar-refractivity contribution in [1.29, 1.82) is 0 Å². The fourth-order valence-electron chi connectivity index (χ4n) is 1.86. The zero-order valence-corrected chi connectivity index (χ0v) is 12.9. The van der Waals surface area contributed by atoms with Gasteiger partial charge in [-0.2, -0.15) is 0 Å². The molecule has 1 N–H and O–H groups in total. The van der Waals surface area contributed by atoms with Crippen molar-refractivity contribution in [3.8, 4) is 0 Å². The Morgan fingerprint density at radius 2 is 2.13 bits per heavy atom. The molecule has 0 fully saturated rings. The summed E-state index contributed by atoms with van der Waals surface area (Å²) in [6.07, 6.45) is 2.64. The second-order valence-electron chi connectivity index (χ2n) is 5.19. The average molecular weight is 318 g/mol. The molecular weight excluding hydrogens is 300 g/mol. The molecule has 0 unspecified atom stereocenters. The summed E-state index contributed by atoms with van der Waals surface area (Å²) < 4.78 is 11.3. The van der Waals surface area contributed by atoms with Gasteiger partial charge in [0.2, 0.25) is 5.91 Å². The van der Waals surface area contributed by atoms with Crippen LogP contribution in [0.15, 0.2) is 45.9 Å². The molecule has 23 heavy (non-hydrogen) atoms. The molecule has 0 atom stereocenters. The Hall–Kier alpha value is -2.83. The van der Waals surface area contributed by atoms with Crippen LogP contribution in [0, 0.1) is 0 Å². The number of esters is 1. The number of carbonyl (C=O) groups is 2. The number of ether oxygens (including phenoxy) is 1. The van der Waals surface area contributed by atoms with Crippen LogP contribution < -0.4 is 10.9 Å². The van der Waals surface area contributed by atoms with Crippen molar-refractivity contribution >= 4 is 11.9 Å². The highest BCUT2D eigenvalue weighted by atomic mass is 16.5. The minimum absolute atomic E-state index is 0.140. The number of amides is 1. The van der Waals surface area contributed by atoms with Crippen molar-refractivity contribution in [2.75, 3.05) is 0 Å². The van der Waals surface area contributed by atoms with Crippen molar-refractivity contribution in [1.82, 2.24) is 9.88 Å². The molecule has 0 saturated heterocycles. The van der Waals surface area contributed by atoms with Crippen LogP contribution in [0.25, 0.3) is 0 Å². The van der Waals surface area contributed by atoms with Crippen LogP contribution in [0.1, 0.15) is 30.0 Å². The number of hydrogen-bond acceptors (Lipinski definition) is 5. The Labute approximate surface area is 132 Å². The molecule has 0 bridgehead atoms. The van der Waals surface area contributed by atoms with Crippen molar-refractivity contribution < 1.29 is 18.7 Å². The van der Waals surface area contributed by atoms with Gasteiger partial charge in [-0.3, -0.25) is 9.59 Å². The van der Waals surface area contributed by atoms with E-state index in [-0.39, 0.29) is 30.7 Å². The molecule has 7 nitrogen and oxygen atoms in total. The third kappa shape index (κ3) is 4.84. The largest absolute Gasteiger partial charge is 0.467 e. The summed E-state index contributed by atoms with van der Waals surface area (Å²) in [5, 5.41) is 2.64. The van der Waals surface area contributed by atoms with Crippen LogP contribution in [0.2, 0.25) is 0 Å². The molecule has 0 spiro atoms. The summed E-state index contributed by atoms with van der Waals surface area (Å²) >= 11 is 0. The summed E-state index contributed by atoms with van der Waals surface area (Å²) in [7, 11) is 0. The number of carbonyl (C=O) groups excluding carboxylic acids is 2. The lowest BCUT2D eigenvalue weighted by Gasteiger charge is -2.09. The molecule has 2 heterocycles. The van der Waals surface area contributed by atoms with Crippen LogP contribution in [0.3, 0.4) is 0 Å². The van der Waals surface area contributed by atoms with Gasteiger partial charge in [0.05, 0.1) is 24.5 Å². The third-order valence-corrected chi connectivity index (χ3v) is 2.93. The van der Waals surface area contributed by atoms with E-state index in [1.807, 2.05) is 0 Å². The minimum atomic E-state index is -0.563. The highest BCUT2D eigenvalue weighted by Crippen LogP contribution is 2.02. The second kappa shape index (κ2) is 7.44. The number of furan rings is 1. The van der Waals surface area contributed by atoms with Gasteiger partial charge in [-0.15, -0.1) is 0 Å². The first-order valence-corrected chi connectivity index (χ1v) is 7.16. The highest BCUT2D eigenvalue weighted by molar-refractivity contribution is 5.89. The van der Waals surface area contributed by atoms with Crippen LogP contribution >= 0.6 is 0 Å². The lowest BCUT2D eigenvalue weighted by atomic mass is 10.2. The van der Waals surface area contributed by atoms with E-state index in [4.69, 9.17) is 9.15 Å². The second-order valence-corrected chi connectivity index (χ2v) is 5.19. The fourth-order valence-corrected chi connectivity index (χ4v) is 1.86. The Bertz CT molecular complexity index is 731. The van der Waals surface area contributed by atoms with Crippen molar-refractivity contribution in [3.63, 3.8) is 0 Å². The van der Waals surface area contributed by atoms with Crippen molar-refractivity contribution in [2.45, 2.75) is 33.0 Å². The quantitative estimate of drug-likeness (QED) is 0.811. The van der Waals surface area contributed by atoms with E-state index in [0.717, 1.165) is 6.07 Å². The van der Waals surface area contributed by atoms with E-state index in [0.29, 0.717) is 5.76 Å². The lowest BCUT2D eigenvalue weighted by molar-refractivity contribution is -0.121. The summed E-state index contributed by atoms with van der Waals surface area (Å²) in [5.41, 5.74) is -0.285. The first-order valence-electron chi connectivity index (χ1n) is 7.16. The van der Waals surface area contributed by atoms with Gasteiger partial charge < -0.3 is 19.0 Å². The Balaban J connectivity index is 1.96. The maximum atomic E-state index is 12.0.